The van der Waals surface area contributed by atoms with Gasteiger partial charge in [-0.3, -0.25) is 0 Å². The fourth-order valence-electron chi connectivity index (χ4n) is 2.77. The highest BCUT2D eigenvalue weighted by Crippen LogP contribution is 2.34. The van der Waals surface area contributed by atoms with Crippen LogP contribution in [0.2, 0.25) is 0 Å². The normalized spacial score (nSPS) is 21.7. The van der Waals surface area contributed by atoms with Gasteiger partial charge in [0.1, 0.15) is 5.82 Å². The van der Waals surface area contributed by atoms with Gasteiger partial charge in [0, 0.05) is 19.1 Å². The molecule has 0 saturated carbocycles. The van der Waals surface area contributed by atoms with Gasteiger partial charge in [0.2, 0.25) is 0 Å². The van der Waals surface area contributed by atoms with Crippen LogP contribution in [-0.2, 0) is 0 Å². The predicted octanol–water partition coefficient (Wildman–Crippen LogP) is 3.33. The Morgan fingerprint density at radius 1 is 1.33 bits per heavy atom. The zero-order chi connectivity index (χ0) is 13.3. The van der Waals surface area contributed by atoms with Gasteiger partial charge in [-0.1, -0.05) is 26.0 Å². The van der Waals surface area contributed by atoms with Gasteiger partial charge in [0.05, 0.1) is 5.69 Å². The van der Waals surface area contributed by atoms with Gasteiger partial charge < -0.3 is 10.6 Å². The fraction of sp³-hybridized carbons (Fsp3) is 0.600. The lowest BCUT2D eigenvalue weighted by atomic mass is 9.95. The topological polar surface area (TPSA) is 29.3 Å². The maximum Gasteiger partial charge on any atom is 0.146 e. The molecule has 1 saturated heterocycles. The lowest BCUT2D eigenvalue weighted by molar-refractivity contribution is 0.422. The molecule has 2 N–H and O–H groups in total. The van der Waals surface area contributed by atoms with Crippen molar-refractivity contribution in [1.82, 2.24) is 0 Å². The summed E-state index contributed by atoms with van der Waals surface area (Å²) in [7, 11) is 0. The molecule has 1 aromatic carbocycles. The Bertz CT molecular complexity index is 415. The maximum atomic E-state index is 14.1. The van der Waals surface area contributed by atoms with Gasteiger partial charge in [-0.05, 0) is 36.8 Å². The third-order valence-corrected chi connectivity index (χ3v) is 3.99. The highest BCUT2D eigenvalue weighted by Gasteiger charge is 2.28. The molecule has 0 amide bonds. The van der Waals surface area contributed by atoms with Crippen molar-refractivity contribution in [2.45, 2.75) is 33.2 Å². The highest BCUT2D eigenvalue weighted by atomic mass is 19.1. The standard InChI is InChI=1S/C15H23FN2/c1-10(2)12-7-8-18(9-12)15-13(11(3)17)5-4-6-14(15)16/h4-6,10-12H,7-9,17H2,1-3H3. The Morgan fingerprint density at radius 2 is 2.06 bits per heavy atom. The van der Waals surface area contributed by atoms with E-state index in [1.165, 1.54) is 6.07 Å². The molecule has 0 spiro atoms. The molecule has 1 aliphatic heterocycles. The van der Waals surface area contributed by atoms with Gasteiger partial charge >= 0.3 is 0 Å². The number of hydrogen-bond acceptors (Lipinski definition) is 2. The first-order valence-electron chi connectivity index (χ1n) is 6.79. The molecule has 0 radical (unpaired) electrons. The summed E-state index contributed by atoms with van der Waals surface area (Å²) >= 11 is 0. The summed E-state index contributed by atoms with van der Waals surface area (Å²) in [5, 5.41) is 0. The molecule has 2 rings (SSSR count). The molecule has 18 heavy (non-hydrogen) atoms. The molecule has 1 aromatic rings. The van der Waals surface area contributed by atoms with Crippen LogP contribution < -0.4 is 10.6 Å². The quantitative estimate of drug-likeness (QED) is 0.891. The number of anilines is 1. The van der Waals surface area contributed by atoms with E-state index in [4.69, 9.17) is 5.73 Å². The zero-order valence-corrected chi connectivity index (χ0v) is 11.5. The van der Waals surface area contributed by atoms with E-state index in [0.29, 0.717) is 11.8 Å². The number of nitrogens with two attached hydrogens (primary N) is 1. The summed E-state index contributed by atoms with van der Waals surface area (Å²) in [5.41, 5.74) is 7.59. The molecule has 0 aliphatic carbocycles. The van der Waals surface area contributed by atoms with Gasteiger partial charge in [-0.15, -0.1) is 0 Å². The summed E-state index contributed by atoms with van der Waals surface area (Å²) in [5.74, 6) is 1.17. The molecule has 100 valence electrons. The molecule has 0 aromatic heterocycles. The second-order valence-electron chi connectivity index (χ2n) is 5.71. The minimum atomic E-state index is -0.144. The van der Waals surface area contributed by atoms with E-state index in [-0.39, 0.29) is 11.9 Å². The summed E-state index contributed by atoms with van der Waals surface area (Å²) in [6.07, 6.45) is 1.14. The van der Waals surface area contributed by atoms with Gasteiger partial charge in [0.15, 0.2) is 0 Å². The van der Waals surface area contributed by atoms with Crippen molar-refractivity contribution in [2.24, 2.45) is 17.6 Å². The third-order valence-electron chi connectivity index (χ3n) is 3.99. The van der Waals surface area contributed by atoms with Crippen molar-refractivity contribution in [2.75, 3.05) is 18.0 Å². The Hall–Kier alpha value is -1.09. The average Bonchev–Trinajstić information content (AvgIpc) is 2.77. The molecule has 1 fully saturated rings. The van der Waals surface area contributed by atoms with Crippen molar-refractivity contribution < 1.29 is 4.39 Å². The summed E-state index contributed by atoms with van der Waals surface area (Å²) < 4.78 is 14.1. The van der Waals surface area contributed by atoms with Crippen LogP contribution in [0.5, 0.6) is 0 Å². The number of rotatable bonds is 3. The Balaban J connectivity index is 2.29. The van der Waals surface area contributed by atoms with E-state index in [2.05, 4.69) is 18.7 Å². The molecular formula is C15H23FN2. The molecule has 2 unspecified atom stereocenters. The van der Waals surface area contributed by atoms with Crippen molar-refractivity contribution in [1.29, 1.82) is 0 Å². The van der Waals surface area contributed by atoms with Gasteiger partial charge in [-0.2, -0.15) is 0 Å². The average molecular weight is 250 g/mol. The molecule has 2 nitrogen and oxygen atoms in total. The van der Waals surface area contributed by atoms with Crippen LogP contribution in [-0.4, -0.2) is 13.1 Å². The number of nitrogens with zero attached hydrogens (tertiary/aromatic N) is 1. The Morgan fingerprint density at radius 3 is 2.61 bits per heavy atom. The van der Waals surface area contributed by atoms with Crippen LogP contribution >= 0.6 is 0 Å². The van der Waals surface area contributed by atoms with E-state index in [9.17, 15) is 4.39 Å². The second kappa shape index (κ2) is 5.27. The first-order chi connectivity index (χ1) is 8.50. The third kappa shape index (κ3) is 2.51. The summed E-state index contributed by atoms with van der Waals surface area (Å²) in [6.45, 7) is 8.26. The molecule has 2 atom stereocenters. The van der Waals surface area contributed by atoms with Crippen LogP contribution in [0.4, 0.5) is 10.1 Å². The smallest absolute Gasteiger partial charge is 0.146 e. The van der Waals surface area contributed by atoms with Crippen molar-refractivity contribution in [3.63, 3.8) is 0 Å². The van der Waals surface area contributed by atoms with Crippen molar-refractivity contribution in [3.05, 3.63) is 29.6 Å². The lowest BCUT2D eigenvalue weighted by Crippen LogP contribution is -2.25. The number of hydrogen-bond donors (Lipinski definition) is 1. The number of halogens is 1. The van der Waals surface area contributed by atoms with Crippen LogP contribution in [0, 0.1) is 17.7 Å². The SMILES string of the molecule is CC(N)c1cccc(F)c1N1CCC(C(C)C)C1. The fourth-order valence-corrected chi connectivity index (χ4v) is 2.77. The monoisotopic (exact) mass is 250 g/mol. The number of para-hydroxylation sites is 1. The Kier molecular flexibility index (Phi) is 3.91. The highest BCUT2D eigenvalue weighted by molar-refractivity contribution is 5.56. The predicted molar refractivity (Wildman–Crippen MR) is 74.2 cm³/mol. The van der Waals surface area contributed by atoms with E-state index in [1.54, 1.807) is 6.07 Å². The lowest BCUT2D eigenvalue weighted by Gasteiger charge is -2.25. The van der Waals surface area contributed by atoms with E-state index in [0.717, 1.165) is 30.8 Å². The molecule has 0 bridgehead atoms. The van der Waals surface area contributed by atoms with E-state index >= 15 is 0 Å². The van der Waals surface area contributed by atoms with Crippen LogP contribution in [0.25, 0.3) is 0 Å². The van der Waals surface area contributed by atoms with Crippen LogP contribution in [0.1, 0.15) is 38.8 Å². The van der Waals surface area contributed by atoms with Gasteiger partial charge in [0.25, 0.3) is 0 Å². The largest absolute Gasteiger partial charge is 0.369 e. The van der Waals surface area contributed by atoms with E-state index < -0.39 is 0 Å². The second-order valence-corrected chi connectivity index (χ2v) is 5.71. The minimum Gasteiger partial charge on any atom is -0.369 e. The van der Waals surface area contributed by atoms with Crippen LogP contribution in [0.15, 0.2) is 18.2 Å². The number of benzene rings is 1. The first kappa shape index (κ1) is 13.3. The summed E-state index contributed by atoms with van der Waals surface area (Å²) in [6, 6.07) is 5.08. The van der Waals surface area contributed by atoms with Crippen molar-refractivity contribution in [3.8, 4) is 0 Å². The van der Waals surface area contributed by atoms with E-state index in [1.807, 2.05) is 13.0 Å². The first-order valence-corrected chi connectivity index (χ1v) is 6.79. The Labute approximate surface area is 109 Å². The van der Waals surface area contributed by atoms with Gasteiger partial charge in [-0.25, -0.2) is 4.39 Å². The molecule has 3 heteroatoms. The zero-order valence-electron chi connectivity index (χ0n) is 11.5. The molecule has 1 heterocycles. The summed E-state index contributed by atoms with van der Waals surface area (Å²) in [4.78, 5) is 2.17. The van der Waals surface area contributed by atoms with Crippen molar-refractivity contribution >= 4 is 5.69 Å². The molecule has 1 aliphatic rings. The maximum absolute atomic E-state index is 14.1. The minimum absolute atomic E-state index is 0.131. The molecular weight excluding hydrogens is 227 g/mol. The van der Waals surface area contributed by atoms with Crippen LogP contribution in [0.3, 0.4) is 0 Å².